The van der Waals surface area contributed by atoms with Gasteiger partial charge in [-0.3, -0.25) is 14.9 Å². The third-order valence-electron chi connectivity index (χ3n) is 3.35. The van der Waals surface area contributed by atoms with Crippen molar-refractivity contribution in [2.24, 2.45) is 0 Å². The number of rotatable bonds is 4. The second kappa shape index (κ2) is 6.73. The molecule has 0 aromatic rings. The summed E-state index contributed by atoms with van der Waals surface area (Å²) in [6.45, 7) is 5.32. The summed E-state index contributed by atoms with van der Waals surface area (Å²) >= 11 is 0. The van der Waals surface area contributed by atoms with Crippen molar-refractivity contribution in [1.29, 1.82) is 0 Å². The number of piperidine rings is 1. The molecule has 1 saturated heterocycles. The molecule has 5 heteroatoms. The summed E-state index contributed by atoms with van der Waals surface area (Å²) in [5.41, 5.74) is 0. The summed E-state index contributed by atoms with van der Waals surface area (Å²) < 4.78 is 0. The highest BCUT2D eigenvalue weighted by atomic mass is 16.2. The van der Waals surface area contributed by atoms with Gasteiger partial charge in [-0.25, -0.2) is 0 Å². The Hall–Kier alpha value is -1.10. The van der Waals surface area contributed by atoms with Gasteiger partial charge in [0.05, 0.1) is 12.1 Å². The first-order valence-corrected chi connectivity index (χ1v) is 6.69. The molecule has 0 saturated carbocycles. The summed E-state index contributed by atoms with van der Waals surface area (Å²) in [6, 6.07) is -0.634. The second-order valence-electron chi connectivity index (χ2n) is 5.23. The molecule has 2 unspecified atom stereocenters. The molecular weight excluding hydrogens is 230 g/mol. The van der Waals surface area contributed by atoms with Crippen LogP contribution in [-0.2, 0) is 9.59 Å². The predicted octanol–water partition coefficient (Wildman–Crippen LogP) is 0.454. The highest BCUT2D eigenvalue weighted by molar-refractivity contribution is 5.84. The van der Waals surface area contributed by atoms with Gasteiger partial charge in [0.25, 0.3) is 0 Å². The maximum absolute atomic E-state index is 12.2. The van der Waals surface area contributed by atoms with E-state index in [-0.39, 0.29) is 23.9 Å². The Bertz CT molecular complexity index is 299. The van der Waals surface area contributed by atoms with Crippen LogP contribution in [0.4, 0.5) is 0 Å². The van der Waals surface area contributed by atoms with Crippen molar-refractivity contribution < 1.29 is 9.59 Å². The molecule has 1 aliphatic rings. The van der Waals surface area contributed by atoms with Crippen LogP contribution in [0.1, 0.15) is 33.1 Å². The molecule has 104 valence electrons. The third-order valence-corrected chi connectivity index (χ3v) is 3.35. The molecule has 0 radical (unpaired) electrons. The summed E-state index contributed by atoms with van der Waals surface area (Å²) in [4.78, 5) is 27.3. The fourth-order valence-corrected chi connectivity index (χ4v) is 2.29. The lowest BCUT2D eigenvalue weighted by Gasteiger charge is -2.30. The normalized spacial score (nSPS) is 19.2. The maximum atomic E-state index is 12.2. The molecule has 1 rings (SSSR count). The first kappa shape index (κ1) is 15.0. The van der Waals surface area contributed by atoms with Gasteiger partial charge in [0.2, 0.25) is 11.8 Å². The summed E-state index contributed by atoms with van der Waals surface area (Å²) in [7, 11) is 3.44. The van der Waals surface area contributed by atoms with Gasteiger partial charge in [0.1, 0.15) is 0 Å². The topological polar surface area (TPSA) is 52.7 Å². The number of nitrogens with one attached hydrogen (secondary N) is 1. The Kier molecular flexibility index (Phi) is 5.59. The molecular formula is C13H25N3O2. The van der Waals surface area contributed by atoms with Gasteiger partial charge in [-0.15, -0.1) is 0 Å². The van der Waals surface area contributed by atoms with Crippen LogP contribution in [-0.4, -0.2) is 60.9 Å². The van der Waals surface area contributed by atoms with Crippen molar-refractivity contribution in [3.05, 3.63) is 0 Å². The fourth-order valence-electron chi connectivity index (χ4n) is 2.29. The van der Waals surface area contributed by atoms with E-state index in [1.165, 1.54) is 11.3 Å². The maximum Gasteiger partial charge on any atom is 0.239 e. The molecule has 1 fully saturated rings. The van der Waals surface area contributed by atoms with Crippen LogP contribution in [0.15, 0.2) is 0 Å². The number of amides is 2. The average molecular weight is 255 g/mol. The van der Waals surface area contributed by atoms with Crippen LogP contribution in [0.5, 0.6) is 0 Å². The van der Waals surface area contributed by atoms with Crippen LogP contribution < -0.4 is 5.32 Å². The number of likely N-dealkylation sites (N-methyl/N-ethyl adjacent to an activating group) is 1. The number of likely N-dealkylation sites (tertiary alicyclic amines) is 1. The lowest BCUT2D eigenvalue weighted by molar-refractivity contribution is -0.135. The van der Waals surface area contributed by atoms with E-state index in [0.717, 1.165) is 25.9 Å². The Morgan fingerprint density at radius 1 is 1.06 bits per heavy atom. The van der Waals surface area contributed by atoms with E-state index in [1.807, 2.05) is 11.8 Å². The van der Waals surface area contributed by atoms with E-state index < -0.39 is 0 Å². The van der Waals surface area contributed by atoms with Crippen LogP contribution in [0.25, 0.3) is 0 Å². The number of carbonyl (C=O) groups is 2. The SMILES string of the molecule is CC(NC(C)C(=O)N1CCCCC1)C(=O)N(C)C. The minimum atomic E-state index is -0.330. The molecule has 0 spiro atoms. The van der Waals surface area contributed by atoms with E-state index in [0.29, 0.717) is 0 Å². The molecule has 5 nitrogen and oxygen atoms in total. The minimum absolute atomic E-state index is 0.00621. The zero-order chi connectivity index (χ0) is 13.7. The number of hydrogen-bond acceptors (Lipinski definition) is 3. The van der Waals surface area contributed by atoms with Gasteiger partial charge in [0.15, 0.2) is 0 Å². The van der Waals surface area contributed by atoms with Crippen LogP contribution in [0.2, 0.25) is 0 Å². The van der Waals surface area contributed by atoms with Gasteiger partial charge < -0.3 is 9.80 Å². The van der Waals surface area contributed by atoms with Crippen molar-refractivity contribution in [2.45, 2.75) is 45.2 Å². The molecule has 0 aromatic carbocycles. The monoisotopic (exact) mass is 255 g/mol. The van der Waals surface area contributed by atoms with Crippen molar-refractivity contribution in [3.8, 4) is 0 Å². The average Bonchev–Trinajstić information content (AvgIpc) is 2.37. The molecule has 0 aliphatic carbocycles. The van der Waals surface area contributed by atoms with Crippen LogP contribution in [0.3, 0.4) is 0 Å². The molecule has 1 aliphatic heterocycles. The highest BCUT2D eigenvalue weighted by Crippen LogP contribution is 2.10. The summed E-state index contributed by atoms with van der Waals surface area (Å²) in [5.74, 6) is 0.0985. The Morgan fingerprint density at radius 2 is 1.61 bits per heavy atom. The van der Waals surface area contributed by atoms with Gasteiger partial charge in [-0.1, -0.05) is 0 Å². The van der Waals surface area contributed by atoms with E-state index in [1.54, 1.807) is 21.0 Å². The summed E-state index contributed by atoms with van der Waals surface area (Å²) in [5, 5.41) is 3.08. The van der Waals surface area contributed by atoms with E-state index in [2.05, 4.69) is 5.32 Å². The van der Waals surface area contributed by atoms with Crippen LogP contribution in [0, 0.1) is 0 Å². The predicted molar refractivity (Wildman–Crippen MR) is 71.2 cm³/mol. The van der Waals surface area contributed by atoms with E-state index in [9.17, 15) is 9.59 Å². The van der Waals surface area contributed by atoms with Gasteiger partial charge in [-0.2, -0.15) is 0 Å². The second-order valence-corrected chi connectivity index (χ2v) is 5.23. The lowest BCUT2D eigenvalue weighted by atomic mass is 10.1. The lowest BCUT2D eigenvalue weighted by Crippen LogP contribution is -2.52. The molecule has 18 heavy (non-hydrogen) atoms. The van der Waals surface area contributed by atoms with Gasteiger partial charge >= 0.3 is 0 Å². The molecule has 0 aromatic heterocycles. The quantitative estimate of drug-likeness (QED) is 0.794. The standard InChI is InChI=1S/C13H25N3O2/c1-10(12(17)15(3)4)14-11(2)13(18)16-8-6-5-7-9-16/h10-11,14H,5-9H2,1-4H3. The molecule has 2 amide bonds. The number of hydrogen-bond donors (Lipinski definition) is 1. The molecule has 1 N–H and O–H groups in total. The van der Waals surface area contributed by atoms with Crippen LogP contribution >= 0.6 is 0 Å². The Balaban J connectivity index is 2.46. The van der Waals surface area contributed by atoms with E-state index in [4.69, 9.17) is 0 Å². The molecule has 2 atom stereocenters. The summed E-state index contributed by atoms with van der Waals surface area (Å²) in [6.07, 6.45) is 3.39. The smallest absolute Gasteiger partial charge is 0.239 e. The van der Waals surface area contributed by atoms with Crippen molar-refractivity contribution >= 4 is 11.8 Å². The number of carbonyl (C=O) groups excluding carboxylic acids is 2. The van der Waals surface area contributed by atoms with Crippen molar-refractivity contribution in [2.75, 3.05) is 27.2 Å². The zero-order valence-corrected chi connectivity index (χ0v) is 11.9. The highest BCUT2D eigenvalue weighted by Gasteiger charge is 2.25. The molecule has 0 bridgehead atoms. The Labute approximate surface area is 110 Å². The zero-order valence-electron chi connectivity index (χ0n) is 11.9. The molecule has 1 heterocycles. The van der Waals surface area contributed by atoms with Gasteiger partial charge in [0, 0.05) is 27.2 Å². The first-order chi connectivity index (χ1) is 8.43. The number of nitrogens with zero attached hydrogens (tertiary/aromatic N) is 2. The van der Waals surface area contributed by atoms with Crippen molar-refractivity contribution in [1.82, 2.24) is 15.1 Å². The van der Waals surface area contributed by atoms with E-state index >= 15 is 0 Å². The Morgan fingerprint density at radius 3 is 2.11 bits per heavy atom. The largest absolute Gasteiger partial charge is 0.347 e. The van der Waals surface area contributed by atoms with Gasteiger partial charge in [-0.05, 0) is 33.1 Å². The van der Waals surface area contributed by atoms with Crippen molar-refractivity contribution in [3.63, 3.8) is 0 Å². The third kappa shape index (κ3) is 3.98. The first-order valence-electron chi connectivity index (χ1n) is 6.69. The minimum Gasteiger partial charge on any atom is -0.347 e. The fraction of sp³-hybridized carbons (Fsp3) is 0.846.